The van der Waals surface area contributed by atoms with Crippen molar-refractivity contribution < 1.29 is 0 Å². The molecular formula is C30H29N5O. The van der Waals surface area contributed by atoms with Gasteiger partial charge in [0.25, 0.3) is 5.56 Å². The number of rotatable bonds is 6. The third-order valence-corrected chi connectivity index (χ3v) is 7.01. The van der Waals surface area contributed by atoms with Crippen molar-refractivity contribution in [2.75, 3.05) is 23.3 Å². The Morgan fingerprint density at radius 3 is 2.42 bits per heavy atom. The molecule has 180 valence electrons. The van der Waals surface area contributed by atoms with Crippen molar-refractivity contribution in [2.24, 2.45) is 0 Å². The summed E-state index contributed by atoms with van der Waals surface area (Å²) in [5.74, 6) is 0.485. The summed E-state index contributed by atoms with van der Waals surface area (Å²) in [6.45, 7) is 2.80. The van der Waals surface area contributed by atoms with Crippen molar-refractivity contribution in [1.82, 2.24) is 14.5 Å². The minimum atomic E-state index is -0.0566. The van der Waals surface area contributed by atoms with E-state index in [9.17, 15) is 4.79 Å². The van der Waals surface area contributed by atoms with E-state index in [1.807, 2.05) is 12.1 Å². The zero-order valence-corrected chi connectivity index (χ0v) is 20.2. The van der Waals surface area contributed by atoms with Crippen LogP contribution in [0.25, 0.3) is 21.8 Å². The molecule has 2 aromatic heterocycles. The van der Waals surface area contributed by atoms with Crippen LogP contribution in [0.15, 0.2) is 89.9 Å². The summed E-state index contributed by atoms with van der Waals surface area (Å²) in [7, 11) is 0. The van der Waals surface area contributed by atoms with Crippen LogP contribution >= 0.6 is 0 Å². The Balaban J connectivity index is 1.23. The highest BCUT2D eigenvalue weighted by molar-refractivity contribution is 5.83. The second-order valence-corrected chi connectivity index (χ2v) is 9.45. The van der Waals surface area contributed by atoms with E-state index in [-0.39, 0.29) is 5.56 Å². The lowest BCUT2D eigenvalue weighted by Crippen LogP contribution is -2.29. The molecule has 0 unspecified atom stereocenters. The molecule has 0 saturated carbocycles. The third-order valence-electron chi connectivity index (χ3n) is 7.01. The predicted molar refractivity (Wildman–Crippen MR) is 147 cm³/mol. The molecule has 36 heavy (non-hydrogen) atoms. The molecule has 5 aromatic rings. The predicted octanol–water partition coefficient (Wildman–Crippen LogP) is 5.92. The Kier molecular flexibility index (Phi) is 6.08. The van der Waals surface area contributed by atoms with Gasteiger partial charge in [0.15, 0.2) is 0 Å². The van der Waals surface area contributed by atoms with Gasteiger partial charge in [0.05, 0.1) is 0 Å². The molecule has 0 amide bonds. The van der Waals surface area contributed by atoms with Gasteiger partial charge in [-0.2, -0.15) is 4.98 Å². The van der Waals surface area contributed by atoms with E-state index in [0.29, 0.717) is 18.1 Å². The number of fused-ring (bicyclic) bond motifs is 2. The fourth-order valence-corrected chi connectivity index (χ4v) is 5.02. The topological polar surface area (TPSA) is 63.1 Å². The van der Waals surface area contributed by atoms with Crippen molar-refractivity contribution in [3.05, 3.63) is 101 Å². The van der Waals surface area contributed by atoms with Gasteiger partial charge in [-0.25, -0.2) is 4.98 Å². The molecule has 1 N–H and O–H groups in total. The smallest absolute Gasteiger partial charge is 0.252 e. The molecule has 3 aromatic carbocycles. The van der Waals surface area contributed by atoms with E-state index >= 15 is 0 Å². The number of pyridine rings is 1. The first-order valence-corrected chi connectivity index (χ1v) is 12.7. The molecule has 1 saturated heterocycles. The SMILES string of the molecule is O=c1ccc2cnc(Nc3ccc(N4CCCCC4)cc3)nc2n1CCc1ccc2ccccc2c1. The van der Waals surface area contributed by atoms with E-state index in [4.69, 9.17) is 4.98 Å². The van der Waals surface area contributed by atoms with Crippen LogP contribution in [0.1, 0.15) is 24.8 Å². The minimum Gasteiger partial charge on any atom is -0.372 e. The zero-order chi connectivity index (χ0) is 24.3. The monoisotopic (exact) mass is 475 g/mol. The van der Waals surface area contributed by atoms with Crippen LogP contribution in [0.2, 0.25) is 0 Å². The quantitative estimate of drug-likeness (QED) is 0.330. The molecule has 0 aliphatic carbocycles. The fourth-order valence-electron chi connectivity index (χ4n) is 5.02. The molecular weight excluding hydrogens is 446 g/mol. The largest absolute Gasteiger partial charge is 0.372 e. The average Bonchev–Trinajstić information content (AvgIpc) is 2.93. The lowest BCUT2D eigenvalue weighted by Gasteiger charge is -2.28. The van der Waals surface area contributed by atoms with Gasteiger partial charge in [0.2, 0.25) is 5.95 Å². The molecule has 0 spiro atoms. The second-order valence-electron chi connectivity index (χ2n) is 9.45. The summed E-state index contributed by atoms with van der Waals surface area (Å²) >= 11 is 0. The Hall–Kier alpha value is -4.19. The Bertz CT molecular complexity index is 1570. The van der Waals surface area contributed by atoms with Crippen molar-refractivity contribution in [3.8, 4) is 0 Å². The number of aromatic nitrogens is 3. The fraction of sp³-hybridized carbons (Fsp3) is 0.233. The van der Waals surface area contributed by atoms with Crippen LogP contribution in [-0.4, -0.2) is 27.6 Å². The molecule has 1 aliphatic rings. The number of hydrogen-bond acceptors (Lipinski definition) is 5. The zero-order valence-electron chi connectivity index (χ0n) is 20.2. The number of hydrogen-bond donors (Lipinski definition) is 1. The summed E-state index contributed by atoms with van der Waals surface area (Å²) in [5.41, 5.74) is 3.96. The van der Waals surface area contributed by atoms with Crippen molar-refractivity contribution >= 4 is 39.1 Å². The number of nitrogens with zero attached hydrogens (tertiary/aromatic N) is 4. The Morgan fingerprint density at radius 2 is 1.58 bits per heavy atom. The lowest BCUT2D eigenvalue weighted by atomic mass is 10.1. The molecule has 6 nitrogen and oxygen atoms in total. The van der Waals surface area contributed by atoms with E-state index < -0.39 is 0 Å². The number of benzene rings is 3. The average molecular weight is 476 g/mol. The highest BCUT2D eigenvalue weighted by Crippen LogP contribution is 2.23. The van der Waals surface area contributed by atoms with Gasteiger partial charge in [0.1, 0.15) is 5.65 Å². The van der Waals surface area contributed by atoms with Crippen LogP contribution < -0.4 is 15.8 Å². The Labute approximate surface area is 210 Å². The van der Waals surface area contributed by atoms with Gasteiger partial charge in [0, 0.05) is 48.7 Å². The molecule has 0 bridgehead atoms. The van der Waals surface area contributed by atoms with Crippen molar-refractivity contribution in [3.63, 3.8) is 0 Å². The second kappa shape index (κ2) is 9.82. The number of aryl methyl sites for hydroxylation is 2. The number of anilines is 3. The standard InChI is InChI=1S/C30H29N5O/c36-28-15-10-25-21-31-30(32-26-11-13-27(14-12-26)34-17-4-1-5-18-34)33-29(25)35(28)19-16-22-8-9-23-6-2-3-7-24(23)20-22/h2-3,6-15,20-21H,1,4-5,16-19H2,(H,31,32,33). The number of piperidine rings is 1. The van der Waals surface area contributed by atoms with E-state index in [1.165, 1.54) is 41.3 Å². The van der Waals surface area contributed by atoms with Gasteiger partial charge in [-0.05, 0) is 72.4 Å². The Morgan fingerprint density at radius 1 is 0.806 bits per heavy atom. The molecule has 0 radical (unpaired) electrons. The summed E-state index contributed by atoms with van der Waals surface area (Å²) < 4.78 is 1.75. The first-order chi connectivity index (χ1) is 17.7. The van der Waals surface area contributed by atoms with Crippen LogP contribution in [0, 0.1) is 0 Å². The summed E-state index contributed by atoms with van der Waals surface area (Å²) in [6.07, 6.45) is 6.36. The van der Waals surface area contributed by atoms with Crippen molar-refractivity contribution in [2.45, 2.75) is 32.2 Å². The van der Waals surface area contributed by atoms with E-state index in [2.05, 4.69) is 69.8 Å². The van der Waals surface area contributed by atoms with Gasteiger partial charge in [-0.1, -0.05) is 42.5 Å². The highest BCUT2D eigenvalue weighted by atomic mass is 16.1. The molecule has 3 heterocycles. The highest BCUT2D eigenvalue weighted by Gasteiger charge is 2.11. The molecule has 6 heteroatoms. The maximum atomic E-state index is 12.8. The third kappa shape index (κ3) is 4.67. The van der Waals surface area contributed by atoms with Crippen LogP contribution in [0.3, 0.4) is 0 Å². The maximum absolute atomic E-state index is 12.8. The normalized spacial score (nSPS) is 13.8. The summed E-state index contributed by atoms with van der Waals surface area (Å²) in [5, 5.41) is 6.58. The molecule has 1 fully saturated rings. The first kappa shape index (κ1) is 22.3. The van der Waals surface area contributed by atoms with E-state index in [0.717, 1.165) is 30.6 Å². The minimum absolute atomic E-state index is 0.0566. The van der Waals surface area contributed by atoms with Crippen LogP contribution in [-0.2, 0) is 13.0 Å². The number of nitrogens with one attached hydrogen (secondary N) is 1. The van der Waals surface area contributed by atoms with Gasteiger partial charge in [-0.15, -0.1) is 0 Å². The first-order valence-electron chi connectivity index (χ1n) is 12.7. The lowest BCUT2D eigenvalue weighted by molar-refractivity contribution is 0.578. The van der Waals surface area contributed by atoms with E-state index in [1.54, 1.807) is 22.9 Å². The molecule has 1 aliphatic heterocycles. The molecule has 6 rings (SSSR count). The maximum Gasteiger partial charge on any atom is 0.252 e. The van der Waals surface area contributed by atoms with Gasteiger partial charge in [-0.3, -0.25) is 9.36 Å². The van der Waals surface area contributed by atoms with Crippen molar-refractivity contribution in [1.29, 1.82) is 0 Å². The van der Waals surface area contributed by atoms with Gasteiger partial charge < -0.3 is 10.2 Å². The van der Waals surface area contributed by atoms with Crippen LogP contribution in [0.5, 0.6) is 0 Å². The molecule has 0 atom stereocenters. The van der Waals surface area contributed by atoms with Gasteiger partial charge >= 0.3 is 0 Å². The summed E-state index contributed by atoms with van der Waals surface area (Å²) in [6, 6.07) is 26.6. The van der Waals surface area contributed by atoms with Crippen LogP contribution in [0.4, 0.5) is 17.3 Å². The summed E-state index contributed by atoms with van der Waals surface area (Å²) in [4.78, 5) is 24.5.